The van der Waals surface area contributed by atoms with Gasteiger partial charge in [-0.15, -0.1) is 0 Å². The molecule has 0 bridgehead atoms. The summed E-state index contributed by atoms with van der Waals surface area (Å²) in [6, 6.07) is 1.50. The van der Waals surface area contributed by atoms with Gasteiger partial charge in [-0.05, 0) is 32.0 Å². The Morgan fingerprint density at radius 2 is 1.96 bits per heavy atom. The van der Waals surface area contributed by atoms with Crippen LogP contribution in [-0.2, 0) is 22.7 Å². The Hall–Kier alpha value is -2.10. The van der Waals surface area contributed by atoms with E-state index in [9.17, 15) is 26.0 Å². The Balaban J connectivity index is 2.43. The molecule has 0 aliphatic carbocycles. The highest BCUT2D eigenvalue weighted by molar-refractivity contribution is 7.92. The maximum atomic E-state index is 13.7. The van der Waals surface area contributed by atoms with Crippen molar-refractivity contribution in [2.24, 2.45) is 0 Å². The van der Waals surface area contributed by atoms with E-state index in [1.807, 2.05) is 4.72 Å². The van der Waals surface area contributed by atoms with E-state index in [2.05, 4.69) is 5.10 Å². The van der Waals surface area contributed by atoms with Crippen LogP contribution in [0.4, 0.5) is 23.2 Å². The summed E-state index contributed by atoms with van der Waals surface area (Å²) in [5, 5.41) is 3.94. The molecule has 23 heavy (non-hydrogen) atoms. The summed E-state index contributed by atoms with van der Waals surface area (Å²) in [6.07, 6.45) is -3.49. The number of benzene rings is 1. The predicted octanol–water partition coefficient (Wildman–Crippen LogP) is 3.17. The van der Waals surface area contributed by atoms with Crippen LogP contribution in [0.3, 0.4) is 0 Å². The van der Waals surface area contributed by atoms with Crippen LogP contribution in [0.15, 0.2) is 29.3 Å². The maximum Gasteiger partial charge on any atom is 0.416 e. The van der Waals surface area contributed by atoms with E-state index in [-0.39, 0.29) is 10.6 Å². The van der Waals surface area contributed by atoms with E-state index < -0.39 is 33.3 Å². The molecule has 0 aliphatic rings. The highest BCUT2D eigenvalue weighted by atomic mass is 32.2. The zero-order valence-electron chi connectivity index (χ0n) is 12.1. The minimum atomic E-state index is -4.71. The van der Waals surface area contributed by atoms with Gasteiger partial charge < -0.3 is 0 Å². The van der Waals surface area contributed by atoms with Gasteiger partial charge in [0.25, 0.3) is 10.0 Å². The lowest BCUT2D eigenvalue weighted by Crippen LogP contribution is -2.15. The first-order valence-corrected chi connectivity index (χ1v) is 7.96. The number of nitrogens with one attached hydrogen (secondary N) is 1. The number of nitrogens with zero attached hydrogens (tertiary/aromatic N) is 2. The molecular weight excluding hydrogens is 338 g/mol. The van der Waals surface area contributed by atoms with E-state index in [1.54, 1.807) is 6.92 Å². The van der Waals surface area contributed by atoms with Gasteiger partial charge in [0.05, 0.1) is 16.9 Å². The highest BCUT2D eigenvalue weighted by Crippen LogP contribution is 2.32. The molecule has 0 unspecified atom stereocenters. The van der Waals surface area contributed by atoms with Crippen LogP contribution in [0.1, 0.15) is 18.2 Å². The third kappa shape index (κ3) is 3.63. The van der Waals surface area contributed by atoms with Crippen LogP contribution in [0.5, 0.6) is 0 Å². The Labute approximate surface area is 130 Å². The normalized spacial score (nSPS) is 12.4. The zero-order chi connectivity index (χ0) is 17.4. The van der Waals surface area contributed by atoms with Crippen LogP contribution in [0.25, 0.3) is 0 Å². The van der Waals surface area contributed by atoms with E-state index in [0.29, 0.717) is 24.7 Å². The average Bonchev–Trinajstić information content (AvgIpc) is 2.82. The predicted molar refractivity (Wildman–Crippen MR) is 74.8 cm³/mol. The molecule has 0 saturated carbocycles. The fraction of sp³-hybridized carbons (Fsp3) is 0.308. The van der Waals surface area contributed by atoms with E-state index in [0.717, 1.165) is 0 Å². The number of alkyl halides is 3. The van der Waals surface area contributed by atoms with Gasteiger partial charge in [-0.25, -0.2) is 12.8 Å². The summed E-state index contributed by atoms with van der Waals surface area (Å²) in [5.74, 6) is -1.11. The van der Waals surface area contributed by atoms with E-state index in [1.165, 1.54) is 17.8 Å². The van der Waals surface area contributed by atoms with Gasteiger partial charge in [-0.3, -0.25) is 9.40 Å². The van der Waals surface area contributed by atoms with Gasteiger partial charge in [0.1, 0.15) is 10.7 Å². The molecule has 5 nitrogen and oxygen atoms in total. The van der Waals surface area contributed by atoms with Crippen molar-refractivity contribution in [1.29, 1.82) is 0 Å². The van der Waals surface area contributed by atoms with Gasteiger partial charge in [0, 0.05) is 12.7 Å². The van der Waals surface area contributed by atoms with Gasteiger partial charge in [0.15, 0.2) is 0 Å². The lowest BCUT2D eigenvalue weighted by molar-refractivity contribution is -0.137. The minimum absolute atomic E-state index is 0.159. The summed E-state index contributed by atoms with van der Waals surface area (Å²) in [5.41, 5.74) is -1.77. The van der Waals surface area contributed by atoms with Crippen molar-refractivity contribution in [3.63, 3.8) is 0 Å². The number of hydrogen-bond donors (Lipinski definition) is 1. The molecule has 1 N–H and O–H groups in total. The van der Waals surface area contributed by atoms with Crippen molar-refractivity contribution >= 4 is 15.7 Å². The number of halogens is 4. The number of rotatable bonds is 4. The summed E-state index contributed by atoms with van der Waals surface area (Å²) in [6.45, 7) is 3.58. The molecule has 2 rings (SSSR count). The van der Waals surface area contributed by atoms with Crippen LogP contribution in [0.2, 0.25) is 0 Å². The lowest BCUT2D eigenvalue weighted by Gasteiger charge is -2.11. The number of aryl methyl sites for hydroxylation is 2. The smallest absolute Gasteiger partial charge is 0.277 e. The molecule has 0 saturated heterocycles. The molecule has 0 spiro atoms. The number of hydrogen-bond acceptors (Lipinski definition) is 3. The standard InChI is InChI=1S/C13H13F4N3O2S/c1-3-20-7-12(8(2)18-20)23(21,22)19-11-6-9(13(15,16)17)4-5-10(11)14/h4-7,19H,3H2,1-2H3. The molecule has 126 valence electrons. The molecule has 0 aliphatic heterocycles. The molecule has 10 heteroatoms. The molecule has 1 heterocycles. The summed E-state index contributed by atoms with van der Waals surface area (Å²) in [7, 11) is -4.26. The second-order valence-electron chi connectivity index (χ2n) is 4.73. The van der Waals surface area contributed by atoms with E-state index >= 15 is 0 Å². The molecular formula is C13H13F4N3O2S. The van der Waals surface area contributed by atoms with Crippen molar-refractivity contribution in [3.05, 3.63) is 41.5 Å². The highest BCUT2D eigenvalue weighted by Gasteiger charge is 2.32. The van der Waals surface area contributed by atoms with Crippen LogP contribution in [0, 0.1) is 12.7 Å². The zero-order valence-corrected chi connectivity index (χ0v) is 13.0. The SMILES string of the molecule is CCn1cc(S(=O)(=O)Nc2cc(C(F)(F)F)ccc2F)c(C)n1. The Kier molecular flexibility index (Phi) is 4.38. The Bertz CT molecular complexity index is 828. The largest absolute Gasteiger partial charge is 0.416 e. The summed E-state index contributed by atoms with van der Waals surface area (Å²) in [4.78, 5) is -0.226. The second-order valence-corrected chi connectivity index (χ2v) is 6.38. The number of sulfonamides is 1. The molecule has 0 radical (unpaired) electrons. The molecule has 0 fully saturated rings. The van der Waals surface area contributed by atoms with Crippen LogP contribution < -0.4 is 4.72 Å². The van der Waals surface area contributed by atoms with Crippen molar-refractivity contribution < 1.29 is 26.0 Å². The molecule has 2 aromatic rings. The third-order valence-electron chi connectivity index (χ3n) is 3.05. The summed E-state index contributed by atoms with van der Waals surface area (Å²) >= 11 is 0. The fourth-order valence-corrected chi connectivity index (χ4v) is 3.15. The van der Waals surface area contributed by atoms with Gasteiger partial charge in [-0.1, -0.05) is 0 Å². The second kappa shape index (κ2) is 5.84. The van der Waals surface area contributed by atoms with Crippen molar-refractivity contribution in [2.75, 3.05) is 4.72 Å². The van der Waals surface area contributed by atoms with Gasteiger partial charge in [0.2, 0.25) is 0 Å². The maximum absolute atomic E-state index is 13.7. The van der Waals surface area contributed by atoms with Crippen molar-refractivity contribution in [2.45, 2.75) is 31.5 Å². The minimum Gasteiger partial charge on any atom is -0.277 e. The molecule has 1 aromatic carbocycles. The quantitative estimate of drug-likeness (QED) is 0.861. The van der Waals surface area contributed by atoms with Gasteiger partial charge in [-0.2, -0.15) is 18.3 Å². The monoisotopic (exact) mass is 351 g/mol. The van der Waals surface area contributed by atoms with Crippen LogP contribution >= 0.6 is 0 Å². The Morgan fingerprint density at radius 1 is 1.30 bits per heavy atom. The lowest BCUT2D eigenvalue weighted by atomic mass is 10.2. The fourth-order valence-electron chi connectivity index (χ4n) is 1.90. The molecule has 0 atom stereocenters. The average molecular weight is 351 g/mol. The third-order valence-corrected chi connectivity index (χ3v) is 4.52. The van der Waals surface area contributed by atoms with Crippen molar-refractivity contribution in [3.8, 4) is 0 Å². The van der Waals surface area contributed by atoms with Crippen molar-refractivity contribution in [1.82, 2.24) is 9.78 Å². The van der Waals surface area contributed by atoms with Gasteiger partial charge >= 0.3 is 6.18 Å². The first-order valence-electron chi connectivity index (χ1n) is 6.48. The topological polar surface area (TPSA) is 64.0 Å². The number of anilines is 1. The molecule has 1 aromatic heterocycles. The Morgan fingerprint density at radius 3 is 2.48 bits per heavy atom. The molecule has 0 amide bonds. The van der Waals surface area contributed by atoms with E-state index in [4.69, 9.17) is 0 Å². The number of aromatic nitrogens is 2. The summed E-state index contributed by atoms with van der Waals surface area (Å²) < 4.78 is 79.3. The first-order chi connectivity index (χ1) is 10.5. The van der Waals surface area contributed by atoms with Crippen LogP contribution in [-0.4, -0.2) is 18.2 Å². The first kappa shape index (κ1) is 17.3.